The lowest BCUT2D eigenvalue weighted by atomic mass is 9.86. The van der Waals surface area contributed by atoms with E-state index in [0.717, 1.165) is 48.4 Å². The number of fused-ring (bicyclic) bond motifs is 1. The van der Waals surface area contributed by atoms with Gasteiger partial charge in [-0.2, -0.15) is 0 Å². The Morgan fingerprint density at radius 1 is 1.23 bits per heavy atom. The summed E-state index contributed by atoms with van der Waals surface area (Å²) >= 11 is 1.43. The Balaban J connectivity index is 0.00000196. The third-order valence-electron chi connectivity index (χ3n) is 4.66. The first-order valence-corrected chi connectivity index (χ1v) is 9.49. The highest BCUT2D eigenvalue weighted by atomic mass is 35.5. The van der Waals surface area contributed by atoms with Crippen LogP contribution < -0.4 is 20.5 Å². The maximum atomic E-state index is 12.4. The van der Waals surface area contributed by atoms with Crippen LogP contribution in [0.2, 0.25) is 0 Å². The molecule has 2 heterocycles. The number of halogens is 1. The molecule has 2 aliphatic rings. The largest absolute Gasteiger partial charge is 0.486 e. The number of rotatable bonds is 3. The number of thiazole rings is 1. The highest BCUT2D eigenvalue weighted by Crippen LogP contribution is 2.35. The Morgan fingerprint density at radius 2 is 2.04 bits per heavy atom. The van der Waals surface area contributed by atoms with Crippen molar-refractivity contribution in [1.29, 1.82) is 0 Å². The molecule has 4 rings (SSSR count). The van der Waals surface area contributed by atoms with E-state index in [9.17, 15) is 4.79 Å². The van der Waals surface area contributed by atoms with E-state index >= 15 is 0 Å². The Kier molecular flexibility index (Phi) is 6.01. The van der Waals surface area contributed by atoms with Crippen molar-refractivity contribution < 1.29 is 14.3 Å². The zero-order chi connectivity index (χ0) is 17.2. The molecule has 140 valence electrons. The number of nitrogens with zero attached hydrogens (tertiary/aromatic N) is 1. The molecular weight excluding hydrogens is 374 g/mol. The van der Waals surface area contributed by atoms with Crippen LogP contribution in [0.4, 0.5) is 5.13 Å². The van der Waals surface area contributed by atoms with E-state index in [1.165, 1.54) is 11.3 Å². The Bertz CT molecular complexity index is 783. The third-order valence-corrected chi connectivity index (χ3v) is 5.42. The minimum atomic E-state index is -0.00890. The van der Waals surface area contributed by atoms with Gasteiger partial charge in [-0.1, -0.05) is 6.42 Å². The molecule has 1 amide bonds. The van der Waals surface area contributed by atoms with Gasteiger partial charge in [-0.25, -0.2) is 4.98 Å². The molecule has 2 atom stereocenters. The predicted molar refractivity (Wildman–Crippen MR) is 104 cm³/mol. The summed E-state index contributed by atoms with van der Waals surface area (Å²) in [5, 5.41) is 5.50. The van der Waals surface area contributed by atoms with Crippen LogP contribution in [0.25, 0.3) is 11.3 Å². The number of aromatic nitrogens is 1. The average molecular weight is 396 g/mol. The molecule has 1 aliphatic carbocycles. The lowest BCUT2D eigenvalue weighted by Crippen LogP contribution is -2.34. The minimum Gasteiger partial charge on any atom is -0.486 e. The SMILES string of the molecule is Cl.NC1CCCC(C(=O)Nc2nc(-c3ccc4c(c3)OCCO4)cs2)C1. The van der Waals surface area contributed by atoms with Gasteiger partial charge in [0.1, 0.15) is 13.2 Å². The van der Waals surface area contributed by atoms with Crippen LogP contribution in [0.1, 0.15) is 25.7 Å². The first-order chi connectivity index (χ1) is 12.2. The van der Waals surface area contributed by atoms with E-state index in [-0.39, 0.29) is 30.3 Å². The third kappa shape index (κ3) is 4.11. The molecular formula is C18H22ClN3O3S. The van der Waals surface area contributed by atoms with Crippen molar-refractivity contribution >= 4 is 34.8 Å². The molecule has 1 aromatic heterocycles. The van der Waals surface area contributed by atoms with E-state index in [0.29, 0.717) is 18.3 Å². The first-order valence-electron chi connectivity index (χ1n) is 8.61. The highest BCUT2D eigenvalue weighted by molar-refractivity contribution is 7.14. The van der Waals surface area contributed by atoms with Crippen LogP contribution >= 0.6 is 23.7 Å². The molecule has 6 nitrogen and oxygen atoms in total. The van der Waals surface area contributed by atoms with Gasteiger partial charge in [-0.05, 0) is 37.5 Å². The van der Waals surface area contributed by atoms with Gasteiger partial charge in [0.05, 0.1) is 5.69 Å². The fraction of sp³-hybridized carbons (Fsp3) is 0.444. The molecule has 0 saturated heterocycles. The summed E-state index contributed by atoms with van der Waals surface area (Å²) in [6, 6.07) is 5.91. The molecule has 8 heteroatoms. The maximum Gasteiger partial charge on any atom is 0.229 e. The summed E-state index contributed by atoms with van der Waals surface area (Å²) in [6.45, 7) is 1.13. The second-order valence-corrected chi connectivity index (χ2v) is 7.37. The summed E-state index contributed by atoms with van der Waals surface area (Å²) in [6.07, 6.45) is 3.68. The lowest BCUT2D eigenvalue weighted by Gasteiger charge is -2.25. The van der Waals surface area contributed by atoms with Crippen molar-refractivity contribution in [2.75, 3.05) is 18.5 Å². The van der Waals surface area contributed by atoms with E-state index in [4.69, 9.17) is 15.2 Å². The van der Waals surface area contributed by atoms with Crippen molar-refractivity contribution in [3.63, 3.8) is 0 Å². The number of benzene rings is 1. The smallest absolute Gasteiger partial charge is 0.229 e. The number of anilines is 1. The first kappa shape index (κ1) is 18.9. The van der Waals surface area contributed by atoms with Crippen molar-refractivity contribution in [2.45, 2.75) is 31.7 Å². The van der Waals surface area contributed by atoms with E-state index < -0.39 is 0 Å². The molecule has 1 aliphatic heterocycles. The zero-order valence-electron chi connectivity index (χ0n) is 14.3. The van der Waals surface area contributed by atoms with Gasteiger partial charge in [0.15, 0.2) is 16.6 Å². The normalized spacial score (nSPS) is 21.6. The van der Waals surface area contributed by atoms with E-state index in [2.05, 4.69) is 10.3 Å². The van der Waals surface area contributed by atoms with Gasteiger partial charge < -0.3 is 20.5 Å². The minimum absolute atomic E-state index is 0. The van der Waals surface area contributed by atoms with Gasteiger partial charge in [-0.15, -0.1) is 23.7 Å². The molecule has 3 N–H and O–H groups in total. The maximum absolute atomic E-state index is 12.4. The van der Waals surface area contributed by atoms with Crippen LogP contribution in [0, 0.1) is 5.92 Å². The van der Waals surface area contributed by atoms with Crippen molar-refractivity contribution in [1.82, 2.24) is 4.98 Å². The second kappa shape index (κ2) is 8.24. The van der Waals surface area contributed by atoms with Gasteiger partial charge in [-0.3, -0.25) is 4.79 Å². The summed E-state index contributed by atoms with van der Waals surface area (Å²) in [5.41, 5.74) is 7.74. The van der Waals surface area contributed by atoms with Gasteiger partial charge in [0, 0.05) is 22.9 Å². The Hall–Kier alpha value is -1.83. The van der Waals surface area contributed by atoms with Crippen molar-refractivity contribution in [3.05, 3.63) is 23.6 Å². The number of hydrogen-bond donors (Lipinski definition) is 2. The molecule has 0 bridgehead atoms. The van der Waals surface area contributed by atoms with Crippen LogP contribution in [0.3, 0.4) is 0 Å². The number of nitrogens with one attached hydrogen (secondary N) is 1. The summed E-state index contributed by atoms with van der Waals surface area (Å²) < 4.78 is 11.2. The topological polar surface area (TPSA) is 86.5 Å². The second-order valence-electron chi connectivity index (χ2n) is 6.51. The molecule has 2 unspecified atom stereocenters. The molecule has 1 aromatic carbocycles. The van der Waals surface area contributed by atoms with Crippen LogP contribution in [0.5, 0.6) is 11.5 Å². The number of hydrogen-bond acceptors (Lipinski definition) is 6. The van der Waals surface area contributed by atoms with Crippen LogP contribution in [0.15, 0.2) is 23.6 Å². The van der Waals surface area contributed by atoms with Crippen molar-refractivity contribution in [2.24, 2.45) is 11.7 Å². The number of carbonyl (C=O) groups is 1. The van der Waals surface area contributed by atoms with E-state index in [1.807, 2.05) is 23.6 Å². The molecule has 0 spiro atoms. The van der Waals surface area contributed by atoms with Crippen molar-refractivity contribution in [3.8, 4) is 22.8 Å². The number of amides is 1. The van der Waals surface area contributed by atoms with Gasteiger partial charge in [0.2, 0.25) is 5.91 Å². The van der Waals surface area contributed by atoms with E-state index in [1.54, 1.807) is 0 Å². The zero-order valence-corrected chi connectivity index (χ0v) is 15.9. The number of carbonyl (C=O) groups excluding carboxylic acids is 1. The molecule has 0 radical (unpaired) electrons. The monoisotopic (exact) mass is 395 g/mol. The Morgan fingerprint density at radius 3 is 2.85 bits per heavy atom. The van der Waals surface area contributed by atoms with Crippen LogP contribution in [-0.2, 0) is 4.79 Å². The van der Waals surface area contributed by atoms with Crippen LogP contribution in [-0.4, -0.2) is 30.1 Å². The summed E-state index contributed by atoms with van der Waals surface area (Å²) in [5.74, 6) is 1.51. The number of ether oxygens (including phenoxy) is 2. The number of nitrogens with two attached hydrogens (primary N) is 1. The predicted octanol–water partition coefficient (Wildman–Crippen LogP) is 3.46. The molecule has 2 aromatic rings. The summed E-state index contributed by atoms with van der Waals surface area (Å²) in [4.78, 5) is 17.0. The standard InChI is InChI=1S/C18H21N3O3S.ClH/c19-13-3-1-2-12(8-13)17(22)21-18-20-14(10-25-18)11-4-5-15-16(9-11)24-7-6-23-15;/h4-5,9-10,12-13H,1-3,6-8,19H2,(H,20,21,22);1H. The fourth-order valence-corrected chi connectivity index (χ4v) is 4.06. The molecule has 26 heavy (non-hydrogen) atoms. The fourth-order valence-electron chi connectivity index (χ4n) is 3.34. The summed E-state index contributed by atoms with van der Waals surface area (Å²) in [7, 11) is 0. The molecule has 1 fully saturated rings. The highest BCUT2D eigenvalue weighted by Gasteiger charge is 2.26. The average Bonchev–Trinajstić information content (AvgIpc) is 3.10. The van der Waals surface area contributed by atoms with Gasteiger partial charge in [0.25, 0.3) is 0 Å². The Labute approximate surface area is 162 Å². The lowest BCUT2D eigenvalue weighted by molar-refractivity contribution is -0.120. The van der Waals surface area contributed by atoms with Gasteiger partial charge >= 0.3 is 0 Å². The molecule has 1 saturated carbocycles. The quantitative estimate of drug-likeness (QED) is 0.831.